The average molecular weight is 524 g/mol. The van der Waals surface area contributed by atoms with Crippen LogP contribution >= 0.6 is 0 Å². The van der Waals surface area contributed by atoms with E-state index in [2.05, 4.69) is 16.0 Å². The van der Waals surface area contributed by atoms with E-state index in [4.69, 9.17) is 15.6 Å². The first-order valence-corrected chi connectivity index (χ1v) is 12.9. The maximum atomic E-state index is 15.1. The number of para-hydroxylation sites is 1. The van der Waals surface area contributed by atoms with Gasteiger partial charge in [0.05, 0.1) is 18.0 Å². The molecular weight excluding hydrogens is 497 g/mol. The van der Waals surface area contributed by atoms with Crippen molar-refractivity contribution in [2.24, 2.45) is 5.92 Å². The van der Waals surface area contributed by atoms with Crippen LogP contribution < -0.4 is 10.5 Å². The largest absolute Gasteiger partial charge is 0.454 e. The first-order chi connectivity index (χ1) is 19.0. The van der Waals surface area contributed by atoms with Gasteiger partial charge in [0.1, 0.15) is 35.2 Å². The van der Waals surface area contributed by atoms with Crippen molar-refractivity contribution < 1.29 is 13.9 Å². The van der Waals surface area contributed by atoms with Gasteiger partial charge in [-0.15, -0.1) is 0 Å². The summed E-state index contributed by atoms with van der Waals surface area (Å²) in [4.78, 5) is 23.5. The Bertz CT molecular complexity index is 1620. The molecule has 196 valence electrons. The Morgan fingerprint density at radius 3 is 2.74 bits per heavy atom. The summed E-state index contributed by atoms with van der Waals surface area (Å²) in [5.41, 5.74) is 7.88. The van der Waals surface area contributed by atoms with Crippen LogP contribution in [-0.4, -0.2) is 43.1 Å². The number of carbonyl (C=O) groups excluding carboxylic acids is 1. The molecule has 1 saturated carbocycles. The molecule has 0 unspecified atom stereocenters. The number of anilines is 1. The summed E-state index contributed by atoms with van der Waals surface area (Å²) in [6, 6.07) is 15.5. The molecule has 1 aliphatic carbocycles. The third-order valence-corrected chi connectivity index (χ3v) is 7.13. The zero-order chi connectivity index (χ0) is 26.9. The van der Waals surface area contributed by atoms with Crippen LogP contribution in [0.5, 0.6) is 11.5 Å². The monoisotopic (exact) mass is 523 g/mol. The van der Waals surface area contributed by atoms with Gasteiger partial charge in [0.15, 0.2) is 17.2 Å². The minimum Gasteiger partial charge on any atom is -0.454 e. The summed E-state index contributed by atoms with van der Waals surface area (Å²) in [5, 5.41) is 14.9. The van der Waals surface area contributed by atoms with Crippen molar-refractivity contribution in [3.8, 4) is 28.8 Å². The molecule has 3 heterocycles. The Kier molecular flexibility index (Phi) is 6.40. The molecule has 2 aromatic carbocycles. The molecule has 2 aliphatic rings. The molecule has 2 aromatic heterocycles. The SMILES string of the molecule is N#C/C(=C/C1CC1)C(=O)N1CCC[C@@H]1Cn1nc(-c2ccc(Oc3ccccc3)c(F)c2)c2c(N)ncnc21. The minimum absolute atomic E-state index is 0.0885. The molecule has 9 nitrogen and oxygen atoms in total. The van der Waals surface area contributed by atoms with Crippen LogP contribution in [0.4, 0.5) is 10.2 Å². The highest BCUT2D eigenvalue weighted by Crippen LogP contribution is 2.35. The number of benzene rings is 2. The van der Waals surface area contributed by atoms with Crippen LogP contribution in [0.1, 0.15) is 25.7 Å². The van der Waals surface area contributed by atoms with Gasteiger partial charge in [0.2, 0.25) is 0 Å². The van der Waals surface area contributed by atoms with Crippen molar-refractivity contribution in [1.29, 1.82) is 5.26 Å². The predicted octanol–water partition coefficient (Wildman–Crippen LogP) is 4.86. The highest BCUT2D eigenvalue weighted by molar-refractivity contribution is 5.99. The number of nitrogens with two attached hydrogens (primary N) is 1. The van der Waals surface area contributed by atoms with Gasteiger partial charge in [-0.1, -0.05) is 24.3 Å². The van der Waals surface area contributed by atoms with E-state index in [0.717, 1.165) is 25.7 Å². The lowest BCUT2D eigenvalue weighted by atomic mass is 10.1. The summed E-state index contributed by atoms with van der Waals surface area (Å²) in [5.74, 6) is 0.378. The molecule has 0 radical (unpaired) electrons. The quantitative estimate of drug-likeness (QED) is 0.271. The van der Waals surface area contributed by atoms with E-state index >= 15 is 4.39 Å². The predicted molar refractivity (Wildman–Crippen MR) is 143 cm³/mol. The summed E-state index contributed by atoms with van der Waals surface area (Å²) in [6.45, 7) is 0.934. The van der Waals surface area contributed by atoms with Crippen LogP contribution in [0.3, 0.4) is 0 Å². The van der Waals surface area contributed by atoms with Crippen molar-refractivity contribution >= 4 is 22.8 Å². The molecule has 4 aromatic rings. The lowest BCUT2D eigenvalue weighted by molar-refractivity contribution is -0.127. The fraction of sp³-hybridized carbons (Fsp3) is 0.276. The smallest absolute Gasteiger partial charge is 0.264 e. The van der Waals surface area contributed by atoms with Gasteiger partial charge >= 0.3 is 0 Å². The van der Waals surface area contributed by atoms with E-state index in [1.54, 1.807) is 39.9 Å². The number of rotatable bonds is 7. The molecule has 1 amide bonds. The van der Waals surface area contributed by atoms with Crippen LogP contribution in [0.15, 0.2) is 66.5 Å². The highest BCUT2D eigenvalue weighted by Gasteiger charge is 2.33. The number of aromatic nitrogens is 4. The van der Waals surface area contributed by atoms with Gasteiger partial charge in [-0.3, -0.25) is 4.79 Å². The number of fused-ring (bicyclic) bond motifs is 1. The van der Waals surface area contributed by atoms with Gasteiger partial charge in [-0.05, 0) is 61.9 Å². The number of hydrogen-bond donors (Lipinski definition) is 1. The summed E-state index contributed by atoms with van der Waals surface area (Å²) in [7, 11) is 0. The lowest BCUT2D eigenvalue weighted by Crippen LogP contribution is -2.39. The number of halogens is 1. The maximum absolute atomic E-state index is 15.1. The van der Waals surface area contributed by atoms with E-state index in [9.17, 15) is 10.1 Å². The van der Waals surface area contributed by atoms with E-state index in [1.807, 2.05) is 18.2 Å². The van der Waals surface area contributed by atoms with Crippen LogP contribution in [0, 0.1) is 23.1 Å². The number of ether oxygens (including phenoxy) is 1. The number of likely N-dealkylation sites (tertiary alicyclic amines) is 1. The van der Waals surface area contributed by atoms with Gasteiger partial charge in [-0.2, -0.15) is 10.4 Å². The molecule has 6 rings (SSSR count). The van der Waals surface area contributed by atoms with Crippen LogP contribution in [0.2, 0.25) is 0 Å². The average Bonchev–Trinajstić information content (AvgIpc) is 3.52. The molecule has 1 atom stereocenters. The maximum Gasteiger partial charge on any atom is 0.264 e. The second-order valence-corrected chi connectivity index (χ2v) is 9.87. The number of nitrogen functional groups attached to an aromatic ring is 1. The van der Waals surface area contributed by atoms with Crippen molar-refractivity contribution in [3.05, 3.63) is 72.3 Å². The molecule has 1 aliphatic heterocycles. The number of amides is 1. The zero-order valence-electron chi connectivity index (χ0n) is 21.1. The van der Waals surface area contributed by atoms with E-state index in [-0.39, 0.29) is 29.1 Å². The minimum atomic E-state index is -0.548. The second-order valence-electron chi connectivity index (χ2n) is 9.87. The Morgan fingerprint density at radius 1 is 1.18 bits per heavy atom. The molecule has 2 N–H and O–H groups in total. The molecule has 1 saturated heterocycles. The lowest BCUT2D eigenvalue weighted by Gasteiger charge is -2.24. The molecular formula is C29H26FN7O2. The zero-order valence-corrected chi connectivity index (χ0v) is 21.1. The summed E-state index contributed by atoms with van der Waals surface area (Å²) in [6.07, 6.45) is 6.80. The van der Waals surface area contributed by atoms with Crippen molar-refractivity contribution in [2.75, 3.05) is 12.3 Å². The van der Waals surface area contributed by atoms with Gasteiger partial charge < -0.3 is 15.4 Å². The fourth-order valence-electron chi connectivity index (χ4n) is 5.01. The first-order valence-electron chi connectivity index (χ1n) is 12.9. The molecule has 10 heteroatoms. The molecule has 0 bridgehead atoms. The highest BCUT2D eigenvalue weighted by atomic mass is 19.1. The Hall–Kier alpha value is -4.78. The third kappa shape index (κ3) is 4.91. The van der Waals surface area contributed by atoms with Crippen molar-refractivity contribution in [2.45, 2.75) is 38.3 Å². The van der Waals surface area contributed by atoms with Crippen molar-refractivity contribution in [3.63, 3.8) is 0 Å². The van der Waals surface area contributed by atoms with Gasteiger partial charge in [0, 0.05) is 12.1 Å². The normalized spacial score (nSPS) is 17.4. The Labute approximate surface area is 224 Å². The molecule has 0 spiro atoms. The summed E-state index contributed by atoms with van der Waals surface area (Å²) >= 11 is 0. The molecule has 39 heavy (non-hydrogen) atoms. The number of nitrogens with zero attached hydrogens (tertiary/aromatic N) is 6. The van der Waals surface area contributed by atoms with E-state index in [0.29, 0.717) is 47.0 Å². The number of hydrogen-bond acceptors (Lipinski definition) is 7. The second kappa shape index (κ2) is 10.2. The number of allylic oxidation sites excluding steroid dienone is 1. The number of nitriles is 1. The standard InChI is InChI=1S/C29H26FN7O2/c30-23-14-19(10-11-24(23)39-22-6-2-1-3-7-22)26-25-27(32)33-17-34-28(25)37(35-26)16-21-5-4-12-36(21)29(38)20(15-31)13-18-8-9-18/h1-3,6-7,10-11,13-14,17-18,21H,4-5,8-9,12,16H2,(H2,32,33,34)/b20-13-/t21-/m1/s1. The van der Waals surface area contributed by atoms with Crippen LogP contribution in [0.25, 0.3) is 22.3 Å². The van der Waals surface area contributed by atoms with Crippen molar-refractivity contribution in [1.82, 2.24) is 24.6 Å². The van der Waals surface area contributed by atoms with Gasteiger partial charge in [0.25, 0.3) is 5.91 Å². The van der Waals surface area contributed by atoms with Gasteiger partial charge in [-0.25, -0.2) is 19.0 Å². The molecule has 2 fully saturated rings. The summed E-state index contributed by atoms with van der Waals surface area (Å²) < 4.78 is 22.5. The fourth-order valence-corrected chi connectivity index (χ4v) is 5.01. The number of carbonyl (C=O) groups is 1. The Morgan fingerprint density at radius 2 is 2.00 bits per heavy atom. The van der Waals surface area contributed by atoms with Crippen LogP contribution in [-0.2, 0) is 11.3 Å². The van der Waals surface area contributed by atoms with E-state index < -0.39 is 5.82 Å². The Balaban J connectivity index is 1.31. The third-order valence-electron chi connectivity index (χ3n) is 7.13. The first kappa shape index (κ1) is 24.6. The topological polar surface area (TPSA) is 123 Å². The van der Waals surface area contributed by atoms with E-state index in [1.165, 1.54) is 12.4 Å².